The van der Waals surface area contributed by atoms with Gasteiger partial charge in [0.2, 0.25) is 0 Å². The molecule has 3 nitrogen and oxygen atoms in total. The molecule has 0 amide bonds. The molecule has 0 aromatic heterocycles. The number of benzene rings is 1. The topological polar surface area (TPSA) is 33.3 Å². The smallest absolute Gasteiger partial charge is 0.128 e. The summed E-state index contributed by atoms with van der Waals surface area (Å²) in [6.07, 6.45) is 0. The van der Waals surface area contributed by atoms with E-state index in [0.29, 0.717) is 18.8 Å². The van der Waals surface area contributed by atoms with Crippen LogP contribution in [-0.2, 0) is 4.74 Å². The van der Waals surface area contributed by atoms with Gasteiger partial charge in [-0.25, -0.2) is 8.78 Å². The molecule has 1 aromatic carbocycles. The molecule has 1 aliphatic rings. The Bertz CT molecular complexity index is 381. The summed E-state index contributed by atoms with van der Waals surface area (Å²) in [6, 6.07) is 3.15. The number of rotatable bonds is 3. The van der Waals surface area contributed by atoms with Gasteiger partial charge in [0.1, 0.15) is 11.6 Å². The summed E-state index contributed by atoms with van der Waals surface area (Å²) < 4.78 is 32.2. The highest BCUT2D eigenvalue weighted by atomic mass is 19.1. The molecule has 0 bridgehead atoms. The fraction of sp³-hybridized carbons (Fsp3) is 0.500. The van der Waals surface area contributed by atoms with Crippen molar-refractivity contribution in [1.29, 1.82) is 0 Å². The summed E-state index contributed by atoms with van der Waals surface area (Å²) in [4.78, 5) is 0. The summed E-state index contributed by atoms with van der Waals surface area (Å²) in [5.74, 6) is -0.837. The minimum atomic E-state index is -0.432. The molecule has 1 fully saturated rings. The van der Waals surface area contributed by atoms with Crippen molar-refractivity contribution in [1.82, 2.24) is 10.6 Å². The Kier molecular flexibility index (Phi) is 4.04. The van der Waals surface area contributed by atoms with Gasteiger partial charge in [0.25, 0.3) is 0 Å². The molecule has 0 aliphatic carbocycles. The molecular weight excluding hydrogens is 226 g/mol. The summed E-state index contributed by atoms with van der Waals surface area (Å²) in [5, 5.41) is 6.25. The summed E-state index contributed by atoms with van der Waals surface area (Å²) in [6.45, 7) is 1.86. The quantitative estimate of drug-likeness (QED) is 0.836. The van der Waals surface area contributed by atoms with Crippen LogP contribution in [0.4, 0.5) is 8.78 Å². The second kappa shape index (κ2) is 5.53. The van der Waals surface area contributed by atoms with Gasteiger partial charge in [0.15, 0.2) is 0 Å². The maximum Gasteiger partial charge on any atom is 0.128 e. The first-order valence-corrected chi connectivity index (χ1v) is 5.65. The molecule has 94 valence electrons. The Morgan fingerprint density at radius 2 is 2.29 bits per heavy atom. The number of likely N-dealkylation sites (N-methyl/N-ethyl adjacent to an activating group) is 1. The zero-order valence-electron chi connectivity index (χ0n) is 9.67. The van der Waals surface area contributed by atoms with Gasteiger partial charge < -0.3 is 15.4 Å². The first-order chi connectivity index (χ1) is 8.22. The average molecular weight is 242 g/mol. The molecule has 0 radical (unpaired) electrons. The molecule has 17 heavy (non-hydrogen) atoms. The molecule has 2 atom stereocenters. The molecule has 2 N–H and O–H groups in total. The lowest BCUT2D eigenvalue weighted by Crippen LogP contribution is -2.48. The van der Waals surface area contributed by atoms with Gasteiger partial charge in [-0.15, -0.1) is 0 Å². The second-order valence-electron chi connectivity index (χ2n) is 4.07. The van der Waals surface area contributed by atoms with E-state index < -0.39 is 11.6 Å². The van der Waals surface area contributed by atoms with Crippen molar-refractivity contribution in [3.8, 4) is 0 Å². The predicted molar refractivity (Wildman–Crippen MR) is 60.8 cm³/mol. The summed E-state index contributed by atoms with van der Waals surface area (Å²) in [5.41, 5.74) is 0.329. The number of ether oxygens (including phenoxy) is 1. The lowest BCUT2D eigenvalue weighted by molar-refractivity contribution is 0.0640. The predicted octanol–water partition coefficient (Wildman–Crippen LogP) is 1.21. The molecule has 2 unspecified atom stereocenters. The average Bonchev–Trinajstić information content (AvgIpc) is 2.36. The third-order valence-corrected chi connectivity index (χ3v) is 2.96. The van der Waals surface area contributed by atoms with E-state index in [1.165, 1.54) is 6.07 Å². The zero-order chi connectivity index (χ0) is 12.3. The monoisotopic (exact) mass is 242 g/mol. The van der Waals surface area contributed by atoms with Crippen molar-refractivity contribution in [2.45, 2.75) is 12.1 Å². The van der Waals surface area contributed by atoms with Crippen LogP contribution in [0, 0.1) is 11.6 Å². The molecule has 1 aliphatic heterocycles. The SMILES string of the molecule is CNC(c1cc(F)ccc1F)C1COCCN1. The molecule has 0 spiro atoms. The third-order valence-electron chi connectivity index (χ3n) is 2.96. The molecule has 1 heterocycles. The molecule has 0 saturated carbocycles. The van der Waals surface area contributed by atoms with E-state index in [9.17, 15) is 8.78 Å². The Morgan fingerprint density at radius 1 is 1.47 bits per heavy atom. The van der Waals surface area contributed by atoms with Gasteiger partial charge in [-0.2, -0.15) is 0 Å². The van der Waals surface area contributed by atoms with Gasteiger partial charge in [-0.3, -0.25) is 0 Å². The Labute approximate surface area is 99.2 Å². The maximum atomic E-state index is 13.7. The fourth-order valence-electron chi connectivity index (χ4n) is 2.13. The van der Waals surface area contributed by atoms with E-state index in [1.807, 2.05) is 0 Å². The number of nitrogens with one attached hydrogen (secondary N) is 2. The van der Waals surface area contributed by atoms with Crippen molar-refractivity contribution >= 4 is 0 Å². The molecule has 2 rings (SSSR count). The van der Waals surface area contributed by atoms with Crippen LogP contribution in [0.15, 0.2) is 18.2 Å². The van der Waals surface area contributed by atoms with E-state index >= 15 is 0 Å². The van der Waals surface area contributed by atoms with Crippen molar-refractivity contribution in [3.05, 3.63) is 35.4 Å². The van der Waals surface area contributed by atoms with Gasteiger partial charge in [0.05, 0.1) is 25.3 Å². The van der Waals surface area contributed by atoms with Crippen LogP contribution in [0.5, 0.6) is 0 Å². The molecule has 1 aromatic rings. The minimum Gasteiger partial charge on any atom is -0.378 e. The van der Waals surface area contributed by atoms with Crippen LogP contribution in [-0.4, -0.2) is 32.8 Å². The number of hydrogen-bond donors (Lipinski definition) is 2. The Morgan fingerprint density at radius 3 is 2.94 bits per heavy atom. The molecule has 1 saturated heterocycles. The standard InChI is InChI=1S/C12H16F2N2O/c1-15-12(11-7-17-5-4-16-11)9-6-8(13)2-3-10(9)14/h2-3,6,11-12,15-16H,4-5,7H2,1H3. The molecular formula is C12H16F2N2O. The van der Waals surface area contributed by atoms with Crippen LogP contribution in [0.3, 0.4) is 0 Å². The van der Waals surface area contributed by atoms with Gasteiger partial charge in [-0.1, -0.05) is 0 Å². The van der Waals surface area contributed by atoms with E-state index in [1.54, 1.807) is 7.05 Å². The molecule has 5 heteroatoms. The van der Waals surface area contributed by atoms with E-state index in [4.69, 9.17) is 4.74 Å². The normalized spacial score (nSPS) is 22.4. The van der Waals surface area contributed by atoms with Crippen LogP contribution < -0.4 is 10.6 Å². The van der Waals surface area contributed by atoms with Gasteiger partial charge in [-0.05, 0) is 25.2 Å². The van der Waals surface area contributed by atoms with E-state index in [-0.39, 0.29) is 12.1 Å². The lowest BCUT2D eigenvalue weighted by Gasteiger charge is -2.31. The maximum absolute atomic E-state index is 13.7. The summed E-state index contributed by atoms with van der Waals surface area (Å²) >= 11 is 0. The van der Waals surface area contributed by atoms with Gasteiger partial charge in [0, 0.05) is 12.1 Å². The van der Waals surface area contributed by atoms with Crippen LogP contribution in [0.25, 0.3) is 0 Å². The summed E-state index contributed by atoms with van der Waals surface area (Å²) in [7, 11) is 1.73. The Hall–Kier alpha value is -1.04. The highest BCUT2D eigenvalue weighted by molar-refractivity contribution is 5.24. The minimum absolute atomic E-state index is 0.0509. The zero-order valence-corrected chi connectivity index (χ0v) is 9.67. The number of halogens is 2. The second-order valence-corrected chi connectivity index (χ2v) is 4.07. The largest absolute Gasteiger partial charge is 0.378 e. The van der Waals surface area contributed by atoms with Crippen LogP contribution in [0.1, 0.15) is 11.6 Å². The third kappa shape index (κ3) is 2.80. The van der Waals surface area contributed by atoms with Crippen molar-refractivity contribution in [3.63, 3.8) is 0 Å². The first kappa shape index (κ1) is 12.4. The van der Waals surface area contributed by atoms with Crippen molar-refractivity contribution < 1.29 is 13.5 Å². The van der Waals surface area contributed by atoms with E-state index in [0.717, 1.165) is 18.7 Å². The fourth-order valence-corrected chi connectivity index (χ4v) is 2.13. The van der Waals surface area contributed by atoms with Crippen LogP contribution in [0.2, 0.25) is 0 Å². The number of morpholine rings is 1. The first-order valence-electron chi connectivity index (χ1n) is 5.65. The van der Waals surface area contributed by atoms with E-state index in [2.05, 4.69) is 10.6 Å². The highest BCUT2D eigenvalue weighted by Crippen LogP contribution is 2.22. The van der Waals surface area contributed by atoms with Crippen LogP contribution >= 0.6 is 0 Å². The highest BCUT2D eigenvalue weighted by Gasteiger charge is 2.26. The lowest BCUT2D eigenvalue weighted by atomic mass is 9.98. The number of hydrogen-bond acceptors (Lipinski definition) is 3. The van der Waals surface area contributed by atoms with Crippen molar-refractivity contribution in [2.24, 2.45) is 0 Å². The van der Waals surface area contributed by atoms with Gasteiger partial charge >= 0.3 is 0 Å². The Balaban J connectivity index is 2.24. The van der Waals surface area contributed by atoms with Crippen molar-refractivity contribution in [2.75, 3.05) is 26.8 Å².